The Hall–Kier alpha value is -1.15. The van der Waals surface area contributed by atoms with Gasteiger partial charge in [0.15, 0.2) is 5.78 Å². The maximum Gasteiger partial charge on any atom is 0.165 e. The van der Waals surface area contributed by atoms with E-state index >= 15 is 0 Å². The van der Waals surface area contributed by atoms with E-state index in [9.17, 15) is 4.79 Å². The Morgan fingerprint density at radius 1 is 1.22 bits per heavy atom. The van der Waals surface area contributed by atoms with Crippen LogP contribution in [0.3, 0.4) is 0 Å². The Bertz CT molecular complexity index is 385. The van der Waals surface area contributed by atoms with E-state index in [1.807, 2.05) is 26.0 Å². The average Bonchev–Trinajstić information content (AvgIpc) is 2.28. The van der Waals surface area contributed by atoms with Crippen LogP contribution >= 0.6 is 0 Å². The van der Waals surface area contributed by atoms with Gasteiger partial charge in [-0.1, -0.05) is 45.0 Å². The minimum absolute atomic E-state index is 0.139. The number of hydrogen-bond acceptors (Lipinski definition) is 2. The summed E-state index contributed by atoms with van der Waals surface area (Å²) in [6.45, 7) is 10.9. The summed E-state index contributed by atoms with van der Waals surface area (Å²) in [5.74, 6) is 0.139. The Kier molecular flexibility index (Phi) is 5.09. The molecule has 0 fully saturated rings. The van der Waals surface area contributed by atoms with Crippen LogP contribution in [0.25, 0.3) is 0 Å². The van der Waals surface area contributed by atoms with E-state index in [0.29, 0.717) is 13.0 Å². The lowest BCUT2D eigenvalue weighted by Crippen LogP contribution is -2.22. The lowest BCUT2D eigenvalue weighted by molar-refractivity contribution is -0.128. The molecule has 1 aromatic carbocycles. The van der Waals surface area contributed by atoms with Gasteiger partial charge in [-0.2, -0.15) is 0 Å². The molecule has 0 amide bonds. The highest BCUT2D eigenvalue weighted by Gasteiger charge is 2.15. The standard InChI is InChI=1S/C16H24O2/c1-6-18-12(2)15(17)11-13-7-9-14(10-8-13)16(3,4)5/h7-10,12H,6,11H2,1-5H3. The molecule has 1 unspecified atom stereocenters. The highest BCUT2D eigenvalue weighted by atomic mass is 16.5. The van der Waals surface area contributed by atoms with Crippen LogP contribution < -0.4 is 0 Å². The van der Waals surface area contributed by atoms with Crippen molar-refractivity contribution in [1.82, 2.24) is 0 Å². The molecule has 100 valence electrons. The van der Waals surface area contributed by atoms with Crippen molar-refractivity contribution < 1.29 is 9.53 Å². The van der Waals surface area contributed by atoms with E-state index in [0.717, 1.165) is 5.56 Å². The monoisotopic (exact) mass is 248 g/mol. The van der Waals surface area contributed by atoms with Gasteiger partial charge in [0.2, 0.25) is 0 Å². The highest BCUT2D eigenvalue weighted by Crippen LogP contribution is 2.22. The molecule has 0 radical (unpaired) electrons. The van der Waals surface area contributed by atoms with Gasteiger partial charge in [-0.3, -0.25) is 4.79 Å². The highest BCUT2D eigenvalue weighted by molar-refractivity contribution is 5.84. The third-order valence-electron chi connectivity index (χ3n) is 3.07. The molecule has 0 aromatic heterocycles. The number of rotatable bonds is 5. The molecule has 0 saturated heterocycles. The van der Waals surface area contributed by atoms with Crippen molar-refractivity contribution in [3.05, 3.63) is 35.4 Å². The Balaban J connectivity index is 2.67. The van der Waals surface area contributed by atoms with Gasteiger partial charge < -0.3 is 4.74 Å². The van der Waals surface area contributed by atoms with Gasteiger partial charge in [-0.15, -0.1) is 0 Å². The maximum absolute atomic E-state index is 11.9. The predicted octanol–water partition coefficient (Wildman–Crippen LogP) is 3.52. The largest absolute Gasteiger partial charge is 0.371 e. The van der Waals surface area contributed by atoms with Crippen LogP contribution in [0.5, 0.6) is 0 Å². The Morgan fingerprint density at radius 2 is 1.78 bits per heavy atom. The number of carbonyl (C=O) groups excluding carboxylic acids is 1. The van der Waals surface area contributed by atoms with Gasteiger partial charge in [0.25, 0.3) is 0 Å². The van der Waals surface area contributed by atoms with Gasteiger partial charge in [0, 0.05) is 13.0 Å². The third-order valence-corrected chi connectivity index (χ3v) is 3.07. The van der Waals surface area contributed by atoms with Crippen molar-refractivity contribution in [3.8, 4) is 0 Å². The second-order valence-electron chi connectivity index (χ2n) is 5.69. The smallest absolute Gasteiger partial charge is 0.165 e. The first-order valence-electron chi connectivity index (χ1n) is 6.58. The summed E-state index contributed by atoms with van der Waals surface area (Å²) in [4.78, 5) is 11.9. The molecule has 18 heavy (non-hydrogen) atoms. The minimum Gasteiger partial charge on any atom is -0.371 e. The van der Waals surface area contributed by atoms with E-state index in [-0.39, 0.29) is 17.3 Å². The maximum atomic E-state index is 11.9. The SMILES string of the molecule is CCOC(C)C(=O)Cc1ccc(C(C)(C)C)cc1. The quantitative estimate of drug-likeness (QED) is 0.797. The van der Waals surface area contributed by atoms with E-state index in [2.05, 4.69) is 32.9 Å². The Morgan fingerprint density at radius 3 is 2.22 bits per heavy atom. The van der Waals surface area contributed by atoms with Gasteiger partial charge in [-0.05, 0) is 30.4 Å². The molecule has 0 saturated carbocycles. The van der Waals surface area contributed by atoms with Crippen LogP contribution in [0.4, 0.5) is 0 Å². The number of ketones is 1. The normalized spacial score (nSPS) is 13.4. The zero-order valence-corrected chi connectivity index (χ0v) is 12.1. The van der Waals surface area contributed by atoms with Crippen LogP contribution in [0.1, 0.15) is 45.7 Å². The first-order chi connectivity index (χ1) is 8.34. The summed E-state index contributed by atoms with van der Waals surface area (Å²) in [6.07, 6.45) is 0.142. The first-order valence-corrected chi connectivity index (χ1v) is 6.58. The first kappa shape index (κ1) is 14.9. The summed E-state index contributed by atoms with van der Waals surface area (Å²) < 4.78 is 5.30. The van der Waals surface area contributed by atoms with Gasteiger partial charge in [-0.25, -0.2) is 0 Å². The topological polar surface area (TPSA) is 26.3 Å². The number of carbonyl (C=O) groups is 1. The van der Waals surface area contributed by atoms with E-state index in [1.165, 1.54) is 5.56 Å². The molecular formula is C16H24O2. The summed E-state index contributed by atoms with van der Waals surface area (Å²) >= 11 is 0. The van der Waals surface area contributed by atoms with Crippen molar-refractivity contribution >= 4 is 5.78 Å². The van der Waals surface area contributed by atoms with Crippen molar-refractivity contribution in [2.24, 2.45) is 0 Å². The molecule has 2 nitrogen and oxygen atoms in total. The Labute approximate surface area is 110 Å². The molecule has 0 N–H and O–H groups in total. The molecular weight excluding hydrogens is 224 g/mol. The van der Waals surface area contributed by atoms with Crippen LogP contribution in [0, 0.1) is 0 Å². The molecule has 1 aromatic rings. The second kappa shape index (κ2) is 6.14. The average molecular weight is 248 g/mol. The lowest BCUT2D eigenvalue weighted by atomic mass is 9.86. The van der Waals surface area contributed by atoms with Crippen LogP contribution in [0.15, 0.2) is 24.3 Å². The van der Waals surface area contributed by atoms with E-state index in [1.54, 1.807) is 0 Å². The molecule has 2 heteroatoms. The number of ether oxygens (including phenoxy) is 1. The van der Waals surface area contributed by atoms with Gasteiger partial charge in [0.1, 0.15) is 6.10 Å². The fourth-order valence-corrected chi connectivity index (χ4v) is 1.81. The molecule has 0 aliphatic heterocycles. The number of benzene rings is 1. The molecule has 1 rings (SSSR count). The van der Waals surface area contributed by atoms with Crippen LogP contribution in [-0.2, 0) is 21.4 Å². The lowest BCUT2D eigenvalue weighted by Gasteiger charge is -2.19. The minimum atomic E-state index is -0.308. The fourth-order valence-electron chi connectivity index (χ4n) is 1.81. The van der Waals surface area contributed by atoms with E-state index < -0.39 is 0 Å². The van der Waals surface area contributed by atoms with Crippen LogP contribution in [0.2, 0.25) is 0 Å². The predicted molar refractivity (Wildman–Crippen MR) is 74.9 cm³/mol. The number of hydrogen-bond donors (Lipinski definition) is 0. The van der Waals surface area contributed by atoms with E-state index in [4.69, 9.17) is 4.74 Å². The molecule has 0 bridgehead atoms. The second-order valence-corrected chi connectivity index (χ2v) is 5.69. The molecule has 0 heterocycles. The van der Waals surface area contributed by atoms with Crippen molar-refractivity contribution in [2.45, 2.75) is 52.6 Å². The summed E-state index contributed by atoms with van der Waals surface area (Å²) in [5, 5.41) is 0. The molecule has 0 aliphatic carbocycles. The summed E-state index contributed by atoms with van der Waals surface area (Å²) in [5.41, 5.74) is 2.50. The molecule has 0 aliphatic rings. The zero-order chi connectivity index (χ0) is 13.8. The molecule has 1 atom stereocenters. The van der Waals surface area contributed by atoms with Crippen molar-refractivity contribution in [3.63, 3.8) is 0 Å². The zero-order valence-electron chi connectivity index (χ0n) is 12.1. The molecule has 0 spiro atoms. The van der Waals surface area contributed by atoms with Crippen LogP contribution in [-0.4, -0.2) is 18.5 Å². The van der Waals surface area contributed by atoms with Crippen molar-refractivity contribution in [1.29, 1.82) is 0 Å². The summed E-state index contributed by atoms with van der Waals surface area (Å²) in [7, 11) is 0. The van der Waals surface area contributed by atoms with Crippen molar-refractivity contribution in [2.75, 3.05) is 6.61 Å². The van der Waals surface area contributed by atoms with Gasteiger partial charge >= 0.3 is 0 Å². The van der Waals surface area contributed by atoms with Gasteiger partial charge in [0.05, 0.1) is 0 Å². The third kappa shape index (κ3) is 4.26. The fraction of sp³-hybridized carbons (Fsp3) is 0.562. The number of Topliss-reactive ketones (excluding diaryl/α,β-unsaturated/α-hetero) is 1. The summed E-state index contributed by atoms with van der Waals surface area (Å²) in [6, 6.07) is 8.29.